The fourth-order valence-electron chi connectivity index (χ4n) is 1.21. The van der Waals surface area contributed by atoms with Crippen molar-refractivity contribution in [3.8, 4) is 0 Å². The van der Waals surface area contributed by atoms with Crippen LogP contribution in [0.5, 0.6) is 0 Å². The molecular weight excluding hydrogens is 200 g/mol. The summed E-state index contributed by atoms with van der Waals surface area (Å²) < 4.78 is 7.58. The van der Waals surface area contributed by atoms with Gasteiger partial charge in [0, 0.05) is 0 Å². The summed E-state index contributed by atoms with van der Waals surface area (Å²) in [6.45, 7) is 4.37. The molecule has 14 heavy (non-hydrogen) atoms. The molecule has 0 spiro atoms. The third-order valence-corrected chi connectivity index (χ3v) is 2.41. The van der Waals surface area contributed by atoms with Crippen molar-refractivity contribution in [2.45, 2.75) is 20.4 Å². The van der Waals surface area contributed by atoms with Crippen LogP contribution in [0.2, 0.25) is 0 Å². The van der Waals surface area contributed by atoms with Gasteiger partial charge in [-0.3, -0.25) is 9.67 Å². The molecule has 2 aromatic rings. The molecule has 2 aromatic heterocycles. The summed E-state index contributed by atoms with van der Waals surface area (Å²) in [5, 5.41) is 6.74. The molecule has 0 amide bonds. The third-order valence-electron chi connectivity index (χ3n) is 2.10. The summed E-state index contributed by atoms with van der Waals surface area (Å²) in [7, 11) is 0. The van der Waals surface area contributed by atoms with Gasteiger partial charge in [-0.1, -0.05) is 0 Å². The Morgan fingerprint density at radius 2 is 2.36 bits per heavy atom. The zero-order chi connectivity index (χ0) is 10.1. The molecule has 0 aliphatic rings. The Kier molecular flexibility index (Phi) is 2.20. The molecule has 0 atom stereocenters. The molecule has 0 fully saturated rings. The van der Waals surface area contributed by atoms with Gasteiger partial charge in [0.2, 0.25) is 0 Å². The largest absolute Gasteiger partial charge is 0.448 e. The highest BCUT2D eigenvalue weighted by Crippen LogP contribution is 2.08. The van der Waals surface area contributed by atoms with Crippen LogP contribution < -0.4 is 0 Å². The third kappa shape index (κ3) is 1.48. The van der Waals surface area contributed by atoms with E-state index in [1.807, 2.05) is 18.4 Å². The Morgan fingerprint density at radius 1 is 1.57 bits per heavy atom. The zero-order valence-corrected chi connectivity index (χ0v) is 8.76. The number of aryl methyl sites for hydroxylation is 2. The molecule has 1 N–H and O–H groups in total. The maximum atomic E-state index is 5.10. The summed E-state index contributed by atoms with van der Waals surface area (Å²) in [6, 6.07) is 0. The second-order valence-corrected chi connectivity index (χ2v) is 3.40. The molecule has 74 valence electrons. The van der Waals surface area contributed by atoms with Crippen LogP contribution >= 0.6 is 12.2 Å². The number of oxazole rings is 1. The van der Waals surface area contributed by atoms with Gasteiger partial charge >= 0.3 is 0 Å². The van der Waals surface area contributed by atoms with Crippen molar-refractivity contribution in [3.63, 3.8) is 0 Å². The first kappa shape index (κ1) is 9.14. The molecule has 5 nitrogen and oxygen atoms in total. The number of nitrogens with one attached hydrogen (secondary N) is 1. The van der Waals surface area contributed by atoms with Crippen LogP contribution in [-0.4, -0.2) is 19.7 Å². The fourth-order valence-corrected chi connectivity index (χ4v) is 1.45. The van der Waals surface area contributed by atoms with E-state index in [1.54, 1.807) is 0 Å². The lowest BCUT2D eigenvalue weighted by molar-refractivity contribution is 0.523. The average Bonchev–Trinajstić information content (AvgIpc) is 2.67. The normalized spacial score (nSPS) is 10.7. The zero-order valence-electron chi connectivity index (χ0n) is 7.94. The molecule has 6 heteroatoms. The van der Waals surface area contributed by atoms with Crippen molar-refractivity contribution >= 4 is 12.2 Å². The highest BCUT2D eigenvalue weighted by molar-refractivity contribution is 7.71. The standard InChI is InChI=1S/C8H10N4OS/c1-5-7(9-4-13-5)3-12-6(2)10-11-8(12)14/h4H,3H2,1-2H3,(H,11,14). The van der Waals surface area contributed by atoms with E-state index >= 15 is 0 Å². The molecule has 2 rings (SSSR count). The topological polar surface area (TPSA) is 59.6 Å². The second kappa shape index (κ2) is 3.38. The Hall–Kier alpha value is -1.43. The van der Waals surface area contributed by atoms with Crippen molar-refractivity contribution in [2.24, 2.45) is 0 Å². The van der Waals surface area contributed by atoms with E-state index in [4.69, 9.17) is 16.6 Å². The Morgan fingerprint density at radius 3 is 2.86 bits per heavy atom. The summed E-state index contributed by atoms with van der Waals surface area (Å²) in [5.41, 5.74) is 0.880. The number of rotatable bonds is 2. The smallest absolute Gasteiger partial charge is 0.195 e. The second-order valence-electron chi connectivity index (χ2n) is 3.02. The summed E-state index contributed by atoms with van der Waals surface area (Å²) in [5.74, 6) is 1.66. The molecule has 2 heterocycles. The van der Waals surface area contributed by atoms with Crippen LogP contribution in [0.1, 0.15) is 17.3 Å². The molecule has 0 unspecified atom stereocenters. The lowest BCUT2D eigenvalue weighted by Gasteiger charge is -2.00. The Balaban J connectivity index is 2.36. The molecule has 0 radical (unpaired) electrons. The summed E-state index contributed by atoms with van der Waals surface area (Å²) >= 11 is 5.08. The molecule has 0 saturated heterocycles. The van der Waals surface area contributed by atoms with Crippen LogP contribution in [0, 0.1) is 18.6 Å². The fraction of sp³-hybridized carbons (Fsp3) is 0.375. The lowest BCUT2D eigenvalue weighted by atomic mass is 10.3. The maximum absolute atomic E-state index is 5.10. The van der Waals surface area contributed by atoms with E-state index in [2.05, 4.69) is 15.2 Å². The highest BCUT2D eigenvalue weighted by atomic mass is 32.1. The first-order valence-electron chi connectivity index (χ1n) is 4.19. The van der Waals surface area contributed by atoms with Crippen molar-refractivity contribution < 1.29 is 4.42 Å². The van der Waals surface area contributed by atoms with Crippen molar-refractivity contribution in [1.29, 1.82) is 0 Å². The van der Waals surface area contributed by atoms with Gasteiger partial charge in [-0.15, -0.1) is 0 Å². The molecule has 0 aliphatic heterocycles. The van der Waals surface area contributed by atoms with E-state index in [9.17, 15) is 0 Å². The minimum Gasteiger partial charge on any atom is -0.448 e. The van der Waals surface area contributed by atoms with Gasteiger partial charge in [0.1, 0.15) is 17.3 Å². The molecule has 0 aliphatic carbocycles. The van der Waals surface area contributed by atoms with E-state index < -0.39 is 0 Å². The van der Waals surface area contributed by atoms with Crippen LogP contribution in [0.15, 0.2) is 10.8 Å². The number of hydrogen-bond donors (Lipinski definition) is 1. The lowest BCUT2D eigenvalue weighted by Crippen LogP contribution is -2.03. The molecule has 0 saturated carbocycles. The van der Waals surface area contributed by atoms with Crippen LogP contribution in [0.25, 0.3) is 0 Å². The van der Waals surface area contributed by atoms with Gasteiger partial charge < -0.3 is 4.42 Å². The number of hydrogen-bond acceptors (Lipinski definition) is 4. The van der Waals surface area contributed by atoms with Crippen molar-refractivity contribution in [1.82, 2.24) is 19.7 Å². The van der Waals surface area contributed by atoms with Gasteiger partial charge in [-0.05, 0) is 26.1 Å². The van der Waals surface area contributed by atoms with Crippen molar-refractivity contribution in [2.75, 3.05) is 0 Å². The van der Waals surface area contributed by atoms with E-state index in [1.165, 1.54) is 6.39 Å². The van der Waals surface area contributed by atoms with Crippen LogP contribution in [0.4, 0.5) is 0 Å². The number of aromatic nitrogens is 4. The van der Waals surface area contributed by atoms with Gasteiger partial charge in [-0.25, -0.2) is 4.98 Å². The molecular formula is C8H10N4OS. The number of aromatic amines is 1. The van der Waals surface area contributed by atoms with Gasteiger partial charge in [0.05, 0.1) is 6.54 Å². The van der Waals surface area contributed by atoms with Gasteiger partial charge in [-0.2, -0.15) is 5.10 Å². The maximum Gasteiger partial charge on any atom is 0.195 e. The summed E-state index contributed by atoms with van der Waals surface area (Å²) in [6.07, 6.45) is 1.43. The highest BCUT2D eigenvalue weighted by Gasteiger charge is 2.07. The van der Waals surface area contributed by atoms with Crippen molar-refractivity contribution in [3.05, 3.63) is 28.4 Å². The van der Waals surface area contributed by atoms with Gasteiger partial charge in [0.25, 0.3) is 0 Å². The Labute approximate surface area is 85.8 Å². The average molecular weight is 210 g/mol. The summed E-state index contributed by atoms with van der Waals surface area (Å²) in [4.78, 5) is 4.10. The minimum atomic E-state index is 0.601. The minimum absolute atomic E-state index is 0.601. The molecule has 0 bridgehead atoms. The SMILES string of the molecule is Cc1ocnc1Cn1c(C)n[nH]c1=S. The van der Waals surface area contributed by atoms with E-state index in [0.29, 0.717) is 11.3 Å². The predicted octanol–water partition coefficient (Wildman–Crippen LogP) is 1.59. The first-order valence-corrected chi connectivity index (χ1v) is 4.60. The van der Waals surface area contributed by atoms with E-state index in [0.717, 1.165) is 17.3 Å². The van der Waals surface area contributed by atoms with E-state index in [-0.39, 0.29) is 0 Å². The Bertz CT molecular complexity index is 495. The molecule has 0 aromatic carbocycles. The van der Waals surface area contributed by atoms with Crippen LogP contribution in [-0.2, 0) is 6.54 Å². The quantitative estimate of drug-likeness (QED) is 0.765. The van der Waals surface area contributed by atoms with Gasteiger partial charge in [0.15, 0.2) is 11.2 Å². The number of H-pyrrole nitrogens is 1. The predicted molar refractivity (Wildman–Crippen MR) is 52.5 cm³/mol. The van der Waals surface area contributed by atoms with Crippen LogP contribution in [0.3, 0.4) is 0 Å². The number of nitrogens with zero attached hydrogens (tertiary/aromatic N) is 3. The monoisotopic (exact) mass is 210 g/mol. The first-order chi connectivity index (χ1) is 6.68.